The topological polar surface area (TPSA) is 25.8 Å². The molecule has 1 saturated carbocycles. The van der Waals surface area contributed by atoms with E-state index in [0.717, 1.165) is 0 Å². The van der Waals surface area contributed by atoms with E-state index in [1.807, 2.05) is 0 Å². The summed E-state index contributed by atoms with van der Waals surface area (Å²) < 4.78 is 25.1. The highest BCUT2D eigenvalue weighted by atomic mass is 35.5. The lowest BCUT2D eigenvalue weighted by Crippen LogP contribution is -2.33. The van der Waals surface area contributed by atoms with Gasteiger partial charge in [0, 0.05) is 18.8 Å². The molecule has 0 amide bonds. The summed E-state index contributed by atoms with van der Waals surface area (Å²) in [5, 5.41) is 8.94. The Morgan fingerprint density at radius 2 is 2.14 bits per heavy atom. The lowest BCUT2D eigenvalue weighted by atomic mass is 9.82. The Morgan fingerprint density at radius 1 is 1.50 bits per heavy atom. The van der Waals surface area contributed by atoms with Gasteiger partial charge in [-0.1, -0.05) is 11.3 Å². The van der Waals surface area contributed by atoms with Crippen molar-refractivity contribution < 1.29 is 8.78 Å². The van der Waals surface area contributed by atoms with Gasteiger partial charge in [0.25, 0.3) is 0 Å². The van der Waals surface area contributed by atoms with E-state index in [1.54, 1.807) is 6.92 Å². The maximum atomic E-state index is 12.6. The van der Waals surface area contributed by atoms with Crippen molar-refractivity contribution in [2.24, 2.45) is 0 Å². The molecule has 78 valence electrons. The molecular weight excluding hydrogens is 230 g/mol. The zero-order chi connectivity index (χ0) is 10.3. The molecule has 0 spiro atoms. The summed E-state index contributed by atoms with van der Waals surface area (Å²) >= 11 is 7.14. The van der Waals surface area contributed by atoms with Crippen LogP contribution in [0.2, 0.25) is 0 Å². The molecule has 0 N–H and O–H groups in total. The first kappa shape index (κ1) is 10.2. The quantitative estimate of drug-likeness (QED) is 0.739. The largest absolute Gasteiger partial charge is 0.249 e. The Labute approximate surface area is 89.3 Å². The Kier molecular flexibility index (Phi) is 2.47. The van der Waals surface area contributed by atoms with E-state index < -0.39 is 5.92 Å². The van der Waals surface area contributed by atoms with Crippen LogP contribution in [0.1, 0.15) is 41.1 Å². The molecule has 2 nitrogen and oxygen atoms in total. The van der Waals surface area contributed by atoms with Crippen molar-refractivity contribution in [2.45, 2.75) is 37.0 Å². The van der Waals surface area contributed by atoms with E-state index in [1.165, 1.54) is 11.3 Å². The number of rotatable bonds is 2. The van der Waals surface area contributed by atoms with Gasteiger partial charge in [-0.3, -0.25) is 0 Å². The fraction of sp³-hybridized carbons (Fsp3) is 0.750. The molecule has 0 saturated heterocycles. The minimum atomic E-state index is -2.50. The van der Waals surface area contributed by atoms with Gasteiger partial charge in [0.05, 0.1) is 5.38 Å². The van der Waals surface area contributed by atoms with E-state index in [2.05, 4.69) is 10.2 Å². The van der Waals surface area contributed by atoms with Crippen LogP contribution in [0.25, 0.3) is 0 Å². The molecule has 1 aromatic heterocycles. The second-order valence-electron chi connectivity index (χ2n) is 3.56. The normalized spacial score (nSPS) is 23.1. The molecule has 1 atom stereocenters. The van der Waals surface area contributed by atoms with E-state index in [-0.39, 0.29) is 24.1 Å². The van der Waals surface area contributed by atoms with E-state index in [0.29, 0.717) is 10.0 Å². The van der Waals surface area contributed by atoms with Crippen molar-refractivity contribution in [3.05, 3.63) is 10.0 Å². The Hall–Kier alpha value is -0.290. The summed E-state index contributed by atoms with van der Waals surface area (Å²) in [5.41, 5.74) is 0. The van der Waals surface area contributed by atoms with Crippen molar-refractivity contribution in [3.8, 4) is 0 Å². The number of nitrogens with zero attached hydrogens (tertiary/aromatic N) is 2. The summed E-state index contributed by atoms with van der Waals surface area (Å²) in [6.45, 7) is 1.79. The number of aromatic nitrogens is 2. The van der Waals surface area contributed by atoms with Crippen molar-refractivity contribution in [1.82, 2.24) is 10.2 Å². The van der Waals surface area contributed by atoms with E-state index in [4.69, 9.17) is 11.6 Å². The molecule has 1 unspecified atom stereocenters. The first-order valence-corrected chi connectivity index (χ1v) is 5.58. The van der Waals surface area contributed by atoms with Gasteiger partial charge >= 0.3 is 0 Å². The van der Waals surface area contributed by atoms with Crippen LogP contribution in [-0.2, 0) is 0 Å². The fourth-order valence-electron chi connectivity index (χ4n) is 1.41. The lowest BCUT2D eigenvalue weighted by Gasteiger charge is -2.32. The van der Waals surface area contributed by atoms with Crippen LogP contribution in [-0.4, -0.2) is 16.1 Å². The summed E-state index contributed by atoms with van der Waals surface area (Å²) in [6.07, 6.45) is -0.198. The van der Waals surface area contributed by atoms with Gasteiger partial charge in [0.1, 0.15) is 10.0 Å². The molecule has 0 radical (unpaired) electrons. The molecule has 1 aliphatic carbocycles. The molecule has 1 aromatic rings. The van der Waals surface area contributed by atoms with Gasteiger partial charge in [-0.2, -0.15) is 0 Å². The molecule has 2 rings (SSSR count). The molecule has 0 aromatic carbocycles. The summed E-state index contributed by atoms with van der Waals surface area (Å²) in [4.78, 5) is 0. The maximum Gasteiger partial charge on any atom is 0.249 e. The average molecular weight is 239 g/mol. The Morgan fingerprint density at radius 3 is 2.57 bits per heavy atom. The first-order valence-electron chi connectivity index (χ1n) is 4.33. The molecule has 6 heteroatoms. The standard InChI is InChI=1S/C8H9ClF2N2S/c1-4(9)6-12-13-7(14-6)5-2-8(10,11)3-5/h4-5H,2-3H2,1H3. The van der Waals surface area contributed by atoms with Crippen LogP contribution in [0.5, 0.6) is 0 Å². The Balaban J connectivity index is 2.05. The first-order chi connectivity index (χ1) is 6.48. The van der Waals surface area contributed by atoms with Crippen LogP contribution in [0.4, 0.5) is 8.78 Å². The fourth-order valence-corrected chi connectivity index (χ4v) is 2.46. The van der Waals surface area contributed by atoms with Gasteiger partial charge in [-0.25, -0.2) is 8.78 Å². The minimum absolute atomic E-state index is 0.0989. The summed E-state index contributed by atoms with van der Waals surface area (Å²) in [6, 6.07) is 0. The van der Waals surface area contributed by atoms with Gasteiger partial charge in [-0.15, -0.1) is 21.8 Å². The monoisotopic (exact) mass is 238 g/mol. The second-order valence-corrected chi connectivity index (χ2v) is 5.25. The molecule has 0 bridgehead atoms. The van der Waals surface area contributed by atoms with Gasteiger partial charge in [0.2, 0.25) is 5.92 Å². The zero-order valence-electron chi connectivity index (χ0n) is 7.51. The van der Waals surface area contributed by atoms with E-state index >= 15 is 0 Å². The summed E-state index contributed by atoms with van der Waals surface area (Å²) in [7, 11) is 0. The number of halogens is 3. The highest BCUT2D eigenvalue weighted by Gasteiger charge is 2.47. The van der Waals surface area contributed by atoms with Crippen molar-refractivity contribution in [3.63, 3.8) is 0 Å². The number of hydrogen-bond donors (Lipinski definition) is 0. The Bertz CT molecular complexity index is 332. The predicted molar refractivity (Wildman–Crippen MR) is 51.1 cm³/mol. The average Bonchev–Trinajstić information content (AvgIpc) is 2.47. The minimum Gasteiger partial charge on any atom is -0.207 e. The highest BCUT2D eigenvalue weighted by molar-refractivity contribution is 7.11. The highest BCUT2D eigenvalue weighted by Crippen LogP contribution is 2.49. The lowest BCUT2D eigenvalue weighted by molar-refractivity contribution is -0.0868. The van der Waals surface area contributed by atoms with Gasteiger partial charge in [0.15, 0.2) is 0 Å². The van der Waals surface area contributed by atoms with Crippen LogP contribution in [0, 0.1) is 0 Å². The predicted octanol–water partition coefficient (Wildman–Crippen LogP) is 3.35. The third-order valence-electron chi connectivity index (χ3n) is 2.24. The van der Waals surface area contributed by atoms with Gasteiger partial charge < -0.3 is 0 Å². The molecule has 1 fully saturated rings. The SMILES string of the molecule is CC(Cl)c1nnc(C2CC(F)(F)C2)s1. The number of alkyl halides is 3. The summed E-state index contributed by atoms with van der Waals surface area (Å²) in [5.74, 6) is -2.62. The molecule has 0 aliphatic heterocycles. The maximum absolute atomic E-state index is 12.6. The van der Waals surface area contributed by atoms with Crippen molar-refractivity contribution >= 4 is 22.9 Å². The number of hydrogen-bond acceptors (Lipinski definition) is 3. The third kappa shape index (κ3) is 1.88. The molecule has 1 aliphatic rings. The van der Waals surface area contributed by atoms with Crippen LogP contribution >= 0.6 is 22.9 Å². The van der Waals surface area contributed by atoms with Crippen molar-refractivity contribution in [2.75, 3.05) is 0 Å². The van der Waals surface area contributed by atoms with Gasteiger partial charge in [-0.05, 0) is 6.92 Å². The molecule has 14 heavy (non-hydrogen) atoms. The van der Waals surface area contributed by atoms with Crippen LogP contribution in [0.3, 0.4) is 0 Å². The molecule has 1 heterocycles. The van der Waals surface area contributed by atoms with E-state index in [9.17, 15) is 8.78 Å². The zero-order valence-corrected chi connectivity index (χ0v) is 9.08. The third-order valence-corrected chi connectivity index (χ3v) is 3.84. The smallest absolute Gasteiger partial charge is 0.207 e. The van der Waals surface area contributed by atoms with Crippen LogP contribution < -0.4 is 0 Å². The molecular formula is C8H9ClF2N2S. The van der Waals surface area contributed by atoms with Crippen molar-refractivity contribution in [1.29, 1.82) is 0 Å². The second kappa shape index (κ2) is 3.38. The van der Waals surface area contributed by atoms with Crippen LogP contribution in [0.15, 0.2) is 0 Å².